The summed E-state index contributed by atoms with van der Waals surface area (Å²) in [6.45, 7) is 12.0. The molecule has 1 aliphatic carbocycles. The number of hydrogen-bond donors (Lipinski definition) is 0. The molecule has 0 aromatic rings. The van der Waals surface area contributed by atoms with Crippen LogP contribution in [0.3, 0.4) is 0 Å². The van der Waals surface area contributed by atoms with Crippen molar-refractivity contribution >= 4 is 15.9 Å². The van der Waals surface area contributed by atoms with Crippen molar-refractivity contribution in [1.29, 1.82) is 0 Å². The molecule has 0 amide bonds. The van der Waals surface area contributed by atoms with Crippen LogP contribution in [-0.4, -0.2) is 29.4 Å². The third-order valence-corrected chi connectivity index (χ3v) is 5.28. The lowest BCUT2D eigenvalue weighted by molar-refractivity contribution is 0.150. The zero-order valence-corrected chi connectivity index (χ0v) is 14.4. The Kier molecular flexibility index (Phi) is 7.86. The number of hydrogen-bond acceptors (Lipinski definition) is 1. The molecule has 108 valence electrons. The number of halogens is 1. The van der Waals surface area contributed by atoms with Gasteiger partial charge in [0.25, 0.3) is 0 Å². The molecular weight excluding hydrogens is 286 g/mol. The summed E-state index contributed by atoms with van der Waals surface area (Å²) in [6, 6.07) is 0.879. The minimum absolute atomic E-state index is 0.785. The SMILES string of the molecule is CC(C)CCN(CC(CBr)C(C)C)C1CCCC1. The molecule has 1 unspecified atom stereocenters. The van der Waals surface area contributed by atoms with E-state index in [0.717, 1.165) is 29.1 Å². The van der Waals surface area contributed by atoms with Gasteiger partial charge in [0.1, 0.15) is 0 Å². The summed E-state index contributed by atoms with van der Waals surface area (Å²) in [5.41, 5.74) is 0. The van der Waals surface area contributed by atoms with Gasteiger partial charge in [-0.15, -0.1) is 0 Å². The van der Waals surface area contributed by atoms with Crippen molar-refractivity contribution in [2.45, 2.75) is 65.8 Å². The van der Waals surface area contributed by atoms with Crippen molar-refractivity contribution in [3.63, 3.8) is 0 Å². The average molecular weight is 318 g/mol. The molecule has 0 aromatic heterocycles. The highest BCUT2D eigenvalue weighted by molar-refractivity contribution is 9.09. The van der Waals surface area contributed by atoms with Crippen LogP contribution in [-0.2, 0) is 0 Å². The summed E-state index contributed by atoms with van der Waals surface area (Å²) in [4.78, 5) is 2.80. The van der Waals surface area contributed by atoms with Crippen LogP contribution in [0.25, 0.3) is 0 Å². The fourth-order valence-electron chi connectivity index (χ4n) is 2.86. The maximum Gasteiger partial charge on any atom is 0.00953 e. The lowest BCUT2D eigenvalue weighted by atomic mass is 9.96. The normalized spacial score (nSPS) is 19.3. The maximum atomic E-state index is 3.71. The average Bonchev–Trinajstić information content (AvgIpc) is 2.82. The van der Waals surface area contributed by atoms with Crippen molar-refractivity contribution in [2.75, 3.05) is 18.4 Å². The van der Waals surface area contributed by atoms with Crippen LogP contribution in [0.4, 0.5) is 0 Å². The first-order valence-electron chi connectivity index (χ1n) is 7.84. The molecule has 0 N–H and O–H groups in total. The van der Waals surface area contributed by atoms with E-state index in [9.17, 15) is 0 Å². The molecule has 0 aliphatic heterocycles. The Hall–Kier alpha value is 0.440. The third kappa shape index (κ3) is 5.61. The molecule has 1 aliphatic rings. The van der Waals surface area contributed by atoms with E-state index in [4.69, 9.17) is 0 Å². The van der Waals surface area contributed by atoms with Gasteiger partial charge in [0, 0.05) is 17.9 Å². The minimum atomic E-state index is 0.785. The van der Waals surface area contributed by atoms with Crippen LogP contribution in [0.2, 0.25) is 0 Å². The third-order valence-electron chi connectivity index (χ3n) is 4.44. The van der Waals surface area contributed by atoms with Crippen molar-refractivity contribution in [3.05, 3.63) is 0 Å². The lowest BCUT2D eigenvalue weighted by Crippen LogP contribution is -2.40. The predicted molar refractivity (Wildman–Crippen MR) is 85.4 cm³/mol. The maximum absolute atomic E-state index is 3.71. The first kappa shape index (κ1) is 16.5. The van der Waals surface area contributed by atoms with Crippen LogP contribution in [0, 0.1) is 17.8 Å². The molecule has 0 spiro atoms. The molecule has 0 aromatic carbocycles. The topological polar surface area (TPSA) is 3.24 Å². The van der Waals surface area contributed by atoms with E-state index < -0.39 is 0 Å². The molecule has 1 fully saturated rings. The van der Waals surface area contributed by atoms with E-state index in [1.807, 2.05) is 0 Å². The Labute approximate surface area is 123 Å². The van der Waals surface area contributed by atoms with Gasteiger partial charge in [-0.25, -0.2) is 0 Å². The molecule has 0 radical (unpaired) electrons. The van der Waals surface area contributed by atoms with Gasteiger partial charge in [-0.1, -0.05) is 56.5 Å². The fourth-order valence-corrected chi connectivity index (χ4v) is 3.81. The zero-order chi connectivity index (χ0) is 13.5. The van der Waals surface area contributed by atoms with Gasteiger partial charge in [-0.2, -0.15) is 0 Å². The molecule has 2 heteroatoms. The van der Waals surface area contributed by atoms with Crippen molar-refractivity contribution in [1.82, 2.24) is 4.90 Å². The summed E-state index contributed by atoms with van der Waals surface area (Å²) in [5, 5.41) is 1.15. The van der Waals surface area contributed by atoms with E-state index >= 15 is 0 Å². The number of rotatable bonds is 8. The Morgan fingerprint density at radius 2 is 1.72 bits per heavy atom. The van der Waals surface area contributed by atoms with Gasteiger partial charge in [-0.05, 0) is 43.6 Å². The molecular formula is C16H32BrN. The van der Waals surface area contributed by atoms with Crippen molar-refractivity contribution < 1.29 is 0 Å². The second-order valence-corrected chi connectivity index (χ2v) is 7.42. The van der Waals surface area contributed by atoms with Gasteiger partial charge in [0.05, 0.1) is 0 Å². The van der Waals surface area contributed by atoms with E-state index in [-0.39, 0.29) is 0 Å². The van der Waals surface area contributed by atoms with E-state index in [2.05, 4.69) is 48.5 Å². The first-order chi connectivity index (χ1) is 8.54. The molecule has 1 nitrogen and oxygen atoms in total. The van der Waals surface area contributed by atoms with Crippen molar-refractivity contribution in [3.8, 4) is 0 Å². The van der Waals surface area contributed by atoms with E-state index in [1.54, 1.807) is 0 Å². The highest BCUT2D eigenvalue weighted by atomic mass is 79.9. The molecule has 0 heterocycles. The summed E-state index contributed by atoms with van der Waals surface area (Å²) in [5.74, 6) is 2.42. The van der Waals surface area contributed by atoms with Crippen LogP contribution in [0.15, 0.2) is 0 Å². The Bertz CT molecular complexity index is 209. The van der Waals surface area contributed by atoms with E-state index in [1.165, 1.54) is 45.2 Å². The second-order valence-electron chi connectivity index (χ2n) is 6.77. The van der Waals surface area contributed by atoms with Crippen molar-refractivity contribution in [2.24, 2.45) is 17.8 Å². The van der Waals surface area contributed by atoms with Gasteiger partial charge >= 0.3 is 0 Å². The monoisotopic (exact) mass is 317 g/mol. The molecule has 0 bridgehead atoms. The number of nitrogens with zero attached hydrogens (tertiary/aromatic N) is 1. The van der Waals surface area contributed by atoms with Crippen LogP contribution < -0.4 is 0 Å². The highest BCUT2D eigenvalue weighted by Gasteiger charge is 2.25. The Balaban J connectivity index is 2.52. The van der Waals surface area contributed by atoms with E-state index in [0.29, 0.717) is 0 Å². The smallest absolute Gasteiger partial charge is 0.00953 e. The molecule has 1 saturated carbocycles. The standard InChI is InChI=1S/C16H32BrN/c1-13(2)9-10-18(16-7-5-6-8-16)12-15(11-17)14(3)4/h13-16H,5-12H2,1-4H3. The summed E-state index contributed by atoms with van der Waals surface area (Å²) in [7, 11) is 0. The summed E-state index contributed by atoms with van der Waals surface area (Å²) < 4.78 is 0. The lowest BCUT2D eigenvalue weighted by Gasteiger charge is -2.34. The van der Waals surface area contributed by atoms with Gasteiger partial charge in [-0.3, -0.25) is 0 Å². The molecule has 0 saturated heterocycles. The molecule has 18 heavy (non-hydrogen) atoms. The molecule has 1 atom stereocenters. The highest BCUT2D eigenvalue weighted by Crippen LogP contribution is 2.26. The van der Waals surface area contributed by atoms with Gasteiger partial charge in [0.2, 0.25) is 0 Å². The van der Waals surface area contributed by atoms with Gasteiger partial charge < -0.3 is 4.90 Å². The van der Waals surface area contributed by atoms with Crippen LogP contribution in [0.5, 0.6) is 0 Å². The Morgan fingerprint density at radius 1 is 1.11 bits per heavy atom. The fraction of sp³-hybridized carbons (Fsp3) is 1.00. The van der Waals surface area contributed by atoms with Gasteiger partial charge in [0.15, 0.2) is 0 Å². The predicted octanol–water partition coefficient (Wildman–Crippen LogP) is 4.94. The quantitative estimate of drug-likeness (QED) is 0.573. The zero-order valence-electron chi connectivity index (χ0n) is 12.8. The second kappa shape index (κ2) is 8.58. The van der Waals surface area contributed by atoms with Crippen LogP contribution in [0.1, 0.15) is 59.8 Å². The largest absolute Gasteiger partial charge is 0.300 e. The molecule has 1 rings (SSSR count). The first-order valence-corrected chi connectivity index (χ1v) is 8.96. The van der Waals surface area contributed by atoms with Crippen LogP contribution >= 0.6 is 15.9 Å². The number of alkyl halides is 1. The Morgan fingerprint density at radius 3 is 2.17 bits per heavy atom. The summed E-state index contributed by atoms with van der Waals surface area (Å²) >= 11 is 3.71. The minimum Gasteiger partial charge on any atom is -0.300 e. The summed E-state index contributed by atoms with van der Waals surface area (Å²) in [6.07, 6.45) is 7.12.